The molecule has 2 aromatic heterocycles. The van der Waals surface area contributed by atoms with E-state index in [0.29, 0.717) is 0 Å². The Balaban J connectivity index is 2.02. The molecular formula is C20H18NO+. The maximum atomic E-state index is 6.02. The summed E-state index contributed by atoms with van der Waals surface area (Å²) >= 11 is 0. The second-order valence-electron chi connectivity index (χ2n) is 5.96. The van der Waals surface area contributed by atoms with Crippen LogP contribution >= 0.6 is 0 Å². The highest BCUT2D eigenvalue weighted by molar-refractivity contribution is 6.06. The lowest BCUT2D eigenvalue weighted by molar-refractivity contribution is -0.660. The largest absolute Gasteiger partial charge is 0.456 e. The number of furan rings is 1. The molecule has 0 saturated carbocycles. The number of hydrogen-bond donors (Lipinski definition) is 0. The van der Waals surface area contributed by atoms with Crippen LogP contribution in [0.3, 0.4) is 0 Å². The number of fused-ring (bicyclic) bond motifs is 3. The molecule has 2 heteroatoms. The molecular weight excluding hydrogens is 270 g/mol. The van der Waals surface area contributed by atoms with Crippen molar-refractivity contribution >= 4 is 21.9 Å². The molecule has 2 aromatic carbocycles. The lowest BCUT2D eigenvalue weighted by Crippen LogP contribution is -2.31. The van der Waals surface area contributed by atoms with Crippen molar-refractivity contribution in [2.45, 2.75) is 13.8 Å². The van der Waals surface area contributed by atoms with Gasteiger partial charge >= 0.3 is 0 Å². The van der Waals surface area contributed by atoms with E-state index in [1.165, 1.54) is 33.2 Å². The van der Waals surface area contributed by atoms with Gasteiger partial charge in [-0.15, -0.1) is 0 Å². The predicted octanol–water partition coefficient (Wildman–Crippen LogP) is 4.69. The fourth-order valence-corrected chi connectivity index (χ4v) is 3.18. The fraction of sp³-hybridized carbons (Fsp3) is 0.150. The summed E-state index contributed by atoms with van der Waals surface area (Å²) in [6.45, 7) is 4.27. The first kappa shape index (κ1) is 13.1. The van der Waals surface area contributed by atoms with E-state index in [1.54, 1.807) is 0 Å². The van der Waals surface area contributed by atoms with E-state index in [0.717, 1.165) is 11.2 Å². The summed E-state index contributed by atoms with van der Waals surface area (Å²) in [5, 5.41) is 2.37. The van der Waals surface area contributed by atoms with Gasteiger partial charge in [-0.25, -0.2) is 4.57 Å². The summed E-state index contributed by atoms with van der Waals surface area (Å²) in [7, 11) is 2.09. The number of nitrogens with zero attached hydrogens (tertiary/aromatic N) is 1. The highest BCUT2D eigenvalue weighted by Gasteiger charge is 2.16. The quantitative estimate of drug-likeness (QED) is 0.464. The molecule has 0 atom stereocenters. The minimum atomic E-state index is 0.947. The monoisotopic (exact) mass is 288 g/mol. The standard InChI is InChI=1S/C20H18NO/c1-13-8-9-18(21(3)12-13)16-11-20-17(10-14(16)2)15-6-4-5-7-19(15)22-20/h4-12H,1-3H3/q+1. The normalized spacial score (nSPS) is 11.4. The van der Waals surface area contributed by atoms with E-state index >= 15 is 0 Å². The highest BCUT2D eigenvalue weighted by atomic mass is 16.3. The van der Waals surface area contributed by atoms with Gasteiger partial charge < -0.3 is 4.42 Å². The Hall–Kier alpha value is -2.61. The van der Waals surface area contributed by atoms with Crippen molar-refractivity contribution in [2.75, 3.05) is 0 Å². The van der Waals surface area contributed by atoms with Crippen molar-refractivity contribution in [3.63, 3.8) is 0 Å². The first-order valence-electron chi connectivity index (χ1n) is 7.52. The lowest BCUT2D eigenvalue weighted by atomic mass is 10.0. The number of aromatic nitrogens is 1. The molecule has 0 spiro atoms. The zero-order valence-electron chi connectivity index (χ0n) is 13.1. The van der Waals surface area contributed by atoms with Crippen molar-refractivity contribution in [3.8, 4) is 11.3 Å². The molecule has 0 unspecified atom stereocenters. The molecule has 108 valence electrons. The Bertz CT molecular complexity index is 1010. The summed E-state index contributed by atoms with van der Waals surface area (Å²) in [6, 6.07) is 16.9. The maximum Gasteiger partial charge on any atom is 0.212 e. The minimum absolute atomic E-state index is 0.947. The number of hydrogen-bond acceptors (Lipinski definition) is 1. The number of pyridine rings is 1. The molecule has 22 heavy (non-hydrogen) atoms. The van der Waals surface area contributed by atoms with Crippen LogP contribution in [-0.2, 0) is 7.05 Å². The smallest absolute Gasteiger partial charge is 0.212 e. The molecule has 0 N–H and O–H groups in total. The molecule has 4 rings (SSSR count). The van der Waals surface area contributed by atoms with Gasteiger partial charge in [-0.05, 0) is 43.7 Å². The van der Waals surface area contributed by atoms with Gasteiger partial charge in [-0.3, -0.25) is 0 Å². The van der Waals surface area contributed by atoms with E-state index in [-0.39, 0.29) is 0 Å². The molecule has 0 aliphatic heterocycles. The average molecular weight is 288 g/mol. The van der Waals surface area contributed by atoms with Crippen LogP contribution in [0.5, 0.6) is 0 Å². The SMILES string of the molecule is Cc1ccc(-c2cc3oc4ccccc4c3cc2C)[n+](C)c1. The summed E-state index contributed by atoms with van der Waals surface area (Å²) < 4.78 is 8.20. The van der Waals surface area contributed by atoms with Crippen molar-refractivity contribution in [2.24, 2.45) is 7.05 Å². The topological polar surface area (TPSA) is 17.0 Å². The van der Waals surface area contributed by atoms with Crippen LogP contribution in [-0.4, -0.2) is 0 Å². The second-order valence-corrected chi connectivity index (χ2v) is 5.96. The molecule has 0 fully saturated rings. The second kappa shape index (κ2) is 4.70. The minimum Gasteiger partial charge on any atom is -0.456 e. The number of benzene rings is 2. The number of aryl methyl sites for hydroxylation is 3. The summed E-state index contributed by atoms with van der Waals surface area (Å²) in [5.41, 5.74) is 6.83. The first-order chi connectivity index (χ1) is 10.6. The third-order valence-corrected chi connectivity index (χ3v) is 4.28. The van der Waals surface area contributed by atoms with Crippen LogP contribution in [0.4, 0.5) is 0 Å². The summed E-state index contributed by atoms with van der Waals surface area (Å²) in [4.78, 5) is 0. The van der Waals surface area contributed by atoms with Crippen LogP contribution in [0.15, 0.2) is 59.1 Å². The van der Waals surface area contributed by atoms with Crippen molar-refractivity contribution in [3.05, 3.63) is 65.9 Å². The first-order valence-corrected chi connectivity index (χ1v) is 7.52. The number of rotatable bonds is 1. The Kier molecular flexibility index (Phi) is 2.80. The molecule has 2 nitrogen and oxygen atoms in total. The highest BCUT2D eigenvalue weighted by Crippen LogP contribution is 2.33. The molecule has 0 bridgehead atoms. The van der Waals surface area contributed by atoms with E-state index in [1.807, 2.05) is 12.1 Å². The van der Waals surface area contributed by atoms with Gasteiger partial charge in [-0.1, -0.05) is 18.2 Å². The summed E-state index contributed by atoms with van der Waals surface area (Å²) in [5.74, 6) is 0. The van der Waals surface area contributed by atoms with Crippen LogP contribution < -0.4 is 4.57 Å². The molecule has 0 saturated heterocycles. The van der Waals surface area contributed by atoms with Gasteiger partial charge in [0.1, 0.15) is 18.2 Å². The van der Waals surface area contributed by atoms with E-state index in [4.69, 9.17) is 4.42 Å². The molecule has 0 aliphatic rings. The Morgan fingerprint density at radius 2 is 1.68 bits per heavy atom. The van der Waals surface area contributed by atoms with E-state index in [2.05, 4.69) is 68.1 Å². The van der Waals surface area contributed by atoms with Crippen LogP contribution in [0, 0.1) is 13.8 Å². The van der Waals surface area contributed by atoms with Gasteiger partial charge in [0, 0.05) is 22.4 Å². The third-order valence-electron chi connectivity index (χ3n) is 4.28. The molecule has 0 amide bonds. The van der Waals surface area contributed by atoms with Gasteiger partial charge in [0.15, 0.2) is 6.20 Å². The van der Waals surface area contributed by atoms with E-state index < -0.39 is 0 Å². The lowest BCUT2D eigenvalue weighted by Gasteiger charge is -2.05. The zero-order valence-corrected chi connectivity index (χ0v) is 13.1. The number of para-hydroxylation sites is 1. The third kappa shape index (κ3) is 1.92. The molecule has 2 heterocycles. The molecule has 4 aromatic rings. The van der Waals surface area contributed by atoms with Gasteiger partial charge in [0.05, 0.1) is 5.56 Å². The van der Waals surface area contributed by atoms with E-state index in [9.17, 15) is 0 Å². The maximum absolute atomic E-state index is 6.02. The predicted molar refractivity (Wildman–Crippen MR) is 89.8 cm³/mol. The van der Waals surface area contributed by atoms with Crippen LogP contribution in [0.2, 0.25) is 0 Å². The summed E-state index contributed by atoms with van der Waals surface area (Å²) in [6.07, 6.45) is 2.15. The molecule has 0 aliphatic carbocycles. The zero-order chi connectivity index (χ0) is 15.3. The Labute approximate surface area is 129 Å². The van der Waals surface area contributed by atoms with Crippen molar-refractivity contribution in [1.82, 2.24) is 0 Å². The van der Waals surface area contributed by atoms with Crippen molar-refractivity contribution in [1.29, 1.82) is 0 Å². The Morgan fingerprint density at radius 3 is 2.50 bits per heavy atom. The Morgan fingerprint density at radius 1 is 0.864 bits per heavy atom. The van der Waals surface area contributed by atoms with Gasteiger partial charge in [0.25, 0.3) is 0 Å². The van der Waals surface area contributed by atoms with Gasteiger partial charge in [-0.2, -0.15) is 0 Å². The van der Waals surface area contributed by atoms with Crippen LogP contribution in [0.25, 0.3) is 33.2 Å². The molecule has 0 radical (unpaired) electrons. The van der Waals surface area contributed by atoms with Gasteiger partial charge in [0.2, 0.25) is 5.69 Å². The fourth-order valence-electron chi connectivity index (χ4n) is 3.18. The average Bonchev–Trinajstić information content (AvgIpc) is 2.85. The van der Waals surface area contributed by atoms with Crippen molar-refractivity contribution < 1.29 is 8.98 Å². The van der Waals surface area contributed by atoms with Crippen LogP contribution in [0.1, 0.15) is 11.1 Å².